The summed E-state index contributed by atoms with van der Waals surface area (Å²) in [5.41, 5.74) is 4.66. The van der Waals surface area contributed by atoms with E-state index in [0.717, 1.165) is 17.5 Å². The molecule has 0 aliphatic rings. The summed E-state index contributed by atoms with van der Waals surface area (Å²) in [6.07, 6.45) is 1.04. The molecular weight excluding hydrogens is 172 g/mol. The van der Waals surface area contributed by atoms with Crippen molar-refractivity contribution in [1.82, 2.24) is 9.97 Å². The van der Waals surface area contributed by atoms with Crippen LogP contribution in [0.15, 0.2) is 18.2 Å². The summed E-state index contributed by atoms with van der Waals surface area (Å²) in [6.45, 7) is 6.48. The van der Waals surface area contributed by atoms with Gasteiger partial charge in [-0.15, -0.1) is 0 Å². The van der Waals surface area contributed by atoms with Gasteiger partial charge in [-0.25, -0.2) is 0 Å². The van der Waals surface area contributed by atoms with Crippen LogP contribution >= 0.6 is 0 Å². The number of nitrogens with one attached hydrogen (secondary N) is 1. The van der Waals surface area contributed by atoms with Crippen molar-refractivity contribution in [3.05, 3.63) is 29.6 Å². The number of aromatic amines is 1. The van der Waals surface area contributed by atoms with Crippen molar-refractivity contribution in [3.8, 4) is 0 Å². The van der Waals surface area contributed by atoms with Crippen LogP contribution in [0.1, 0.15) is 39.5 Å². The van der Waals surface area contributed by atoms with E-state index in [1.54, 1.807) is 0 Å². The minimum Gasteiger partial charge on any atom is -0.357 e. The molecule has 0 amide bonds. The van der Waals surface area contributed by atoms with Crippen molar-refractivity contribution >= 4 is 11.0 Å². The molecular formula is C12H18N2. The summed E-state index contributed by atoms with van der Waals surface area (Å²) in [6, 6.07) is 6.36. The minimum absolute atomic E-state index is 0. The van der Waals surface area contributed by atoms with Gasteiger partial charge >= 0.3 is 0 Å². The van der Waals surface area contributed by atoms with E-state index in [1.165, 1.54) is 11.4 Å². The van der Waals surface area contributed by atoms with Crippen LogP contribution in [0.2, 0.25) is 0 Å². The average Bonchev–Trinajstić information content (AvgIpc) is 2.58. The fourth-order valence-electron chi connectivity index (χ4n) is 1.59. The second kappa shape index (κ2) is 3.45. The lowest BCUT2D eigenvalue weighted by atomic mass is 10.1. The first-order valence-corrected chi connectivity index (χ1v) is 5.19. The summed E-state index contributed by atoms with van der Waals surface area (Å²) >= 11 is 0. The van der Waals surface area contributed by atoms with Gasteiger partial charge < -0.3 is 4.98 Å². The van der Waals surface area contributed by atoms with Crippen molar-refractivity contribution in [2.24, 2.45) is 0 Å². The van der Waals surface area contributed by atoms with Gasteiger partial charge in [-0.2, -0.15) is 0 Å². The number of rotatable bonds is 2. The molecule has 0 spiro atoms. The lowest BCUT2D eigenvalue weighted by molar-refractivity contribution is 0.830. The van der Waals surface area contributed by atoms with Crippen LogP contribution in [0.25, 0.3) is 11.0 Å². The summed E-state index contributed by atoms with van der Waals surface area (Å²) in [7, 11) is 0. The number of nitrogens with zero attached hydrogens (tertiary/aromatic N) is 1. The molecule has 0 aromatic carbocycles. The highest BCUT2D eigenvalue weighted by Crippen LogP contribution is 2.18. The standard InChI is InChI=1S/C12H16N2.H2/c1-4-9-7-12-11(13-9)6-5-10(14-12)8(2)3;/h5-8,13H,4H2,1-3H3;1H. The fourth-order valence-corrected chi connectivity index (χ4v) is 1.59. The Labute approximate surface area is 85.9 Å². The van der Waals surface area contributed by atoms with E-state index in [4.69, 9.17) is 0 Å². The zero-order valence-electron chi connectivity index (χ0n) is 8.96. The zero-order valence-corrected chi connectivity index (χ0v) is 8.96. The molecule has 1 N–H and O–H groups in total. The molecule has 2 rings (SSSR count). The van der Waals surface area contributed by atoms with Gasteiger partial charge in [0, 0.05) is 12.8 Å². The van der Waals surface area contributed by atoms with Gasteiger partial charge in [-0.05, 0) is 30.5 Å². The number of hydrogen-bond acceptors (Lipinski definition) is 1. The molecule has 14 heavy (non-hydrogen) atoms. The second-order valence-corrected chi connectivity index (χ2v) is 3.97. The van der Waals surface area contributed by atoms with Gasteiger partial charge in [0.25, 0.3) is 0 Å². The maximum Gasteiger partial charge on any atom is 0.0885 e. The summed E-state index contributed by atoms with van der Waals surface area (Å²) in [5, 5.41) is 0. The Hall–Kier alpha value is -1.31. The highest BCUT2D eigenvalue weighted by molar-refractivity contribution is 5.76. The molecule has 0 aliphatic heterocycles. The Kier molecular flexibility index (Phi) is 2.28. The van der Waals surface area contributed by atoms with Gasteiger partial charge in [-0.1, -0.05) is 20.8 Å². The highest BCUT2D eigenvalue weighted by atomic mass is 14.8. The Bertz CT molecular complexity index is 446. The molecule has 0 bridgehead atoms. The summed E-state index contributed by atoms with van der Waals surface area (Å²) in [4.78, 5) is 7.96. The van der Waals surface area contributed by atoms with Crippen molar-refractivity contribution in [1.29, 1.82) is 0 Å². The van der Waals surface area contributed by atoms with E-state index < -0.39 is 0 Å². The van der Waals surface area contributed by atoms with E-state index in [9.17, 15) is 0 Å². The van der Waals surface area contributed by atoms with Crippen LogP contribution in [0, 0.1) is 0 Å². The summed E-state index contributed by atoms with van der Waals surface area (Å²) < 4.78 is 0. The van der Waals surface area contributed by atoms with Gasteiger partial charge in [0.2, 0.25) is 0 Å². The normalized spacial score (nSPS) is 11.4. The predicted octanol–water partition coefficient (Wildman–Crippen LogP) is 3.49. The third-order valence-electron chi connectivity index (χ3n) is 2.52. The van der Waals surface area contributed by atoms with Crippen LogP contribution in [-0.2, 0) is 6.42 Å². The molecule has 2 aromatic rings. The number of aromatic nitrogens is 2. The van der Waals surface area contributed by atoms with Gasteiger partial charge in [0.1, 0.15) is 0 Å². The third kappa shape index (κ3) is 1.52. The molecule has 2 nitrogen and oxygen atoms in total. The quantitative estimate of drug-likeness (QED) is 0.771. The van der Waals surface area contributed by atoms with E-state index in [-0.39, 0.29) is 1.43 Å². The zero-order chi connectivity index (χ0) is 10.1. The molecule has 2 heteroatoms. The molecule has 0 atom stereocenters. The van der Waals surface area contributed by atoms with E-state index in [0.29, 0.717) is 5.92 Å². The molecule has 0 aliphatic carbocycles. The first-order chi connectivity index (χ1) is 6.70. The maximum atomic E-state index is 4.61. The molecule has 2 aromatic heterocycles. The van der Waals surface area contributed by atoms with Crippen LogP contribution in [0.3, 0.4) is 0 Å². The molecule has 2 heterocycles. The van der Waals surface area contributed by atoms with Crippen LogP contribution in [0.4, 0.5) is 0 Å². The van der Waals surface area contributed by atoms with Crippen LogP contribution < -0.4 is 0 Å². The van der Waals surface area contributed by atoms with Gasteiger partial charge in [0.05, 0.1) is 11.0 Å². The Morgan fingerprint density at radius 3 is 2.86 bits per heavy atom. The maximum absolute atomic E-state index is 4.61. The van der Waals surface area contributed by atoms with Crippen molar-refractivity contribution in [2.45, 2.75) is 33.1 Å². The average molecular weight is 190 g/mol. The summed E-state index contributed by atoms with van der Waals surface area (Å²) in [5.74, 6) is 0.499. The SMILES string of the molecule is CCc1cc2nc(C(C)C)ccc2[nH]1.[HH]. The first-order valence-electron chi connectivity index (χ1n) is 5.19. The van der Waals surface area contributed by atoms with Crippen molar-refractivity contribution in [2.75, 3.05) is 0 Å². The molecule has 0 unspecified atom stereocenters. The number of H-pyrrole nitrogens is 1. The Balaban J connectivity index is 0.00000112. The number of hydrogen-bond donors (Lipinski definition) is 1. The molecule has 0 saturated heterocycles. The third-order valence-corrected chi connectivity index (χ3v) is 2.52. The number of fused-ring (bicyclic) bond motifs is 1. The van der Waals surface area contributed by atoms with E-state index in [2.05, 4.69) is 48.9 Å². The Morgan fingerprint density at radius 2 is 2.21 bits per heavy atom. The Morgan fingerprint density at radius 1 is 1.43 bits per heavy atom. The fraction of sp³-hybridized carbons (Fsp3) is 0.417. The van der Waals surface area contributed by atoms with Crippen molar-refractivity contribution < 1.29 is 1.43 Å². The lowest BCUT2D eigenvalue weighted by Crippen LogP contribution is -1.90. The number of aryl methyl sites for hydroxylation is 1. The molecule has 0 saturated carbocycles. The minimum atomic E-state index is 0. The molecule has 0 radical (unpaired) electrons. The van der Waals surface area contributed by atoms with Crippen LogP contribution in [0.5, 0.6) is 0 Å². The number of pyridine rings is 1. The first kappa shape index (κ1) is 9.25. The smallest absolute Gasteiger partial charge is 0.0885 e. The van der Waals surface area contributed by atoms with Crippen molar-refractivity contribution in [3.63, 3.8) is 0 Å². The molecule has 76 valence electrons. The molecule has 0 fully saturated rings. The van der Waals surface area contributed by atoms with Crippen LogP contribution in [-0.4, -0.2) is 9.97 Å². The van der Waals surface area contributed by atoms with E-state index >= 15 is 0 Å². The lowest BCUT2D eigenvalue weighted by Gasteiger charge is -2.02. The topological polar surface area (TPSA) is 28.7 Å². The second-order valence-electron chi connectivity index (χ2n) is 3.97. The predicted molar refractivity (Wildman–Crippen MR) is 61.7 cm³/mol. The van der Waals surface area contributed by atoms with E-state index in [1.807, 2.05) is 0 Å². The van der Waals surface area contributed by atoms with Gasteiger partial charge in [-0.3, -0.25) is 4.98 Å². The highest BCUT2D eigenvalue weighted by Gasteiger charge is 2.04. The van der Waals surface area contributed by atoms with Gasteiger partial charge in [0.15, 0.2) is 0 Å². The monoisotopic (exact) mass is 190 g/mol. The largest absolute Gasteiger partial charge is 0.357 e.